The van der Waals surface area contributed by atoms with E-state index in [2.05, 4.69) is 5.10 Å². The van der Waals surface area contributed by atoms with Crippen LogP contribution in [0.25, 0.3) is 0 Å². The Morgan fingerprint density at radius 2 is 2.39 bits per heavy atom. The predicted octanol–water partition coefficient (Wildman–Crippen LogP) is 0.125. The normalized spacial score (nSPS) is 21.9. The summed E-state index contributed by atoms with van der Waals surface area (Å²) >= 11 is 0. The van der Waals surface area contributed by atoms with Crippen molar-refractivity contribution in [2.75, 3.05) is 18.1 Å². The molecule has 8 heteroatoms. The third-order valence-corrected chi connectivity index (χ3v) is 4.51. The van der Waals surface area contributed by atoms with Crippen LogP contribution in [0.4, 0.5) is 0 Å². The lowest BCUT2D eigenvalue weighted by Crippen LogP contribution is -2.13. The number of sulfone groups is 1. The molecule has 18 heavy (non-hydrogen) atoms. The summed E-state index contributed by atoms with van der Waals surface area (Å²) in [6.45, 7) is 1.83. The van der Waals surface area contributed by atoms with Crippen molar-refractivity contribution in [3.8, 4) is 5.75 Å². The largest absolute Gasteiger partial charge is 0.504 e. The first-order valence-electron chi connectivity index (χ1n) is 5.58. The van der Waals surface area contributed by atoms with Gasteiger partial charge < -0.3 is 9.84 Å². The average Bonchev–Trinajstić information content (AvgIpc) is 2.82. The van der Waals surface area contributed by atoms with Crippen LogP contribution in [0.2, 0.25) is 0 Å². The first-order chi connectivity index (χ1) is 8.43. The lowest BCUT2D eigenvalue weighted by molar-refractivity contribution is 0.0515. The summed E-state index contributed by atoms with van der Waals surface area (Å²) in [6.07, 6.45) is 1.70. The zero-order chi connectivity index (χ0) is 13.3. The summed E-state index contributed by atoms with van der Waals surface area (Å²) in [5, 5.41) is 13.5. The summed E-state index contributed by atoms with van der Waals surface area (Å²) in [4.78, 5) is 11.4. The number of carbonyl (C=O) groups excluding carboxylic acids is 1. The van der Waals surface area contributed by atoms with Crippen molar-refractivity contribution in [2.45, 2.75) is 19.4 Å². The van der Waals surface area contributed by atoms with E-state index in [1.54, 1.807) is 6.92 Å². The Balaban J connectivity index is 2.22. The molecular weight excluding hydrogens is 260 g/mol. The van der Waals surface area contributed by atoms with E-state index >= 15 is 0 Å². The molecule has 1 unspecified atom stereocenters. The number of hydrogen-bond acceptors (Lipinski definition) is 6. The molecule has 0 bridgehead atoms. The Morgan fingerprint density at radius 1 is 1.67 bits per heavy atom. The zero-order valence-electron chi connectivity index (χ0n) is 9.87. The third kappa shape index (κ3) is 2.47. The summed E-state index contributed by atoms with van der Waals surface area (Å²) in [6, 6.07) is -0.330. The minimum absolute atomic E-state index is 0.0175. The molecule has 1 aromatic rings. The number of ether oxygens (including phenoxy) is 1. The van der Waals surface area contributed by atoms with E-state index in [0.29, 0.717) is 6.42 Å². The number of rotatable bonds is 3. The molecule has 7 nitrogen and oxygen atoms in total. The van der Waals surface area contributed by atoms with Crippen molar-refractivity contribution in [2.24, 2.45) is 0 Å². The summed E-state index contributed by atoms with van der Waals surface area (Å²) < 4.78 is 28.8. The smallest absolute Gasteiger partial charge is 0.362 e. The van der Waals surface area contributed by atoms with Gasteiger partial charge in [-0.1, -0.05) is 0 Å². The lowest BCUT2D eigenvalue weighted by atomic mass is 10.3. The second kappa shape index (κ2) is 4.60. The SMILES string of the molecule is CCOC(=O)c1nn(C2CCS(=O)(=O)C2)cc1O. The van der Waals surface area contributed by atoms with Crippen LogP contribution in [0.15, 0.2) is 6.20 Å². The predicted molar refractivity (Wildman–Crippen MR) is 62.2 cm³/mol. The minimum Gasteiger partial charge on any atom is -0.504 e. The van der Waals surface area contributed by atoms with Crippen LogP contribution in [-0.2, 0) is 14.6 Å². The van der Waals surface area contributed by atoms with Crippen LogP contribution in [0.3, 0.4) is 0 Å². The fourth-order valence-electron chi connectivity index (χ4n) is 1.90. The molecule has 0 saturated carbocycles. The number of carbonyl (C=O) groups is 1. The molecule has 1 N–H and O–H groups in total. The van der Waals surface area contributed by atoms with E-state index in [1.807, 2.05) is 0 Å². The highest BCUT2D eigenvalue weighted by atomic mass is 32.2. The van der Waals surface area contributed by atoms with Gasteiger partial charge in [-0.05, 0) is 13.3 Å². The standard InChI is InChI=1S/C10H14N2O5S/c1-2-17-10(14)9-8(13)5-12(11-9)7-3-4-18(15,16)6-7/h5,7,13H,2-4,6H2,1H3. The van der Waals surface area contributed by atoms with Gasteiger partial charge in [-0.15, -0.1) is 0 Å². The molecule has 100 valence electrons. The Labute approximate surface area is 104 Å². The second-order valence-corrected chi connectivity index (χ2v) is 6.35. The van der Waals surface area contributed by atoms with Gasteiger partial charge in [0.15, 0.2) is 15.6 Å². The van der Waals surface area contributed by atoms with Crippen LogP contribution in [0, 0.1) is 0 Å². The molecule has 1 saturated heterocycles. The molecular formula is C10H14N2O5S. The molecule has 0 aromatic carbocycles. The van der Waals surface area contributed by atoms with E-state index < -0.39 is 15.8 Å². The summed E-state index contributed by atoms with van der Waals surface area (Å²) in [7, 11) is -3.04. The van der Waals surface area contributed by atoms with Crippen molar-refractivity contribution >= 4 is 15.8 Å². The van der Waals surface area contributed by atoms with Crippen LogP contribution in [-0.4, -0.2) is 47.4 Å². The average molecular weight is 274 g/mol. The topological polar surface area (TPSA) is 98.5 Å². The van der Waals surface area contributed by atoms with Crippen LogP contribution in [0.1, 0.15) is 29.9 Å². The van der Waals surface area contributed by atoms with Crippen molar-refractivity contribution in [3.05, 3.63) is 11.9 Å². The van der Waals surface area contributed by atoms with Gasteiger partial charge in [0.25, 0.3) is 0 Å². The van der Waals surface area contributed by atoms with Crippen molar-refractivity contribution in [1.82, 2.24) is 9.78 Å². The third-order valence-electron chi connectivity index (χ3n) is 2.76. The molecule has 2 heterocycles. The van der Waals surface area contributed by atoms with Crippen molar-refractivity contribution < 1.29 is 23.1 Å². The van der Waals surface area contributed by atoms with Gasteiger partial charge in [-0.25, -0.2) is 13.2 Å². The molecule has 2 rings (SSSR count). The highest BCUT2D eigenvalue weighted by Crippen LogP contribution is 2.26. The second-order valence-electron chi connectivity index (χ2n) is 4.12. The fourth-order valence-corrected chi connectivity index (χ4v) is 3.60. The van der Waals surface area contributed by atoms with Crippen molar-refractivity contribution in [3.63, 3.8) is 0 Å². The Hall–Kier alpha value is -1.57. The van der Waals surface area contributed by atoms with E-state index in [0.717, 1.165) is 0 Å². The molecule has 1 aromatic heterocycles. The van der Waals surface area contributed by atoms with Gasteiger partial charge in [0.1, 0.15) is 0 Å². The van der Waals surface area contributed by atoms with E-state index in [1.165, 1.54) is 10.9 Å². The Morgan fingerprint density at radius 3 is 2.94 bits per heavy atom. The molecule has 1 aliphatic heterocycles. The van der Waals surface area contributed by atoms with Gasteiger partial charge in [0, 0.05) is 0 Å². The number of hydrogen-bond donors (Lipinski definition) is 1. The number of aromatic hydroxyl groups is 1. The summed E-state index contributed by atoms with van der Waals surface area (Å²) in [5.74, 6) is -0.920. The van der Waals surface area contributed by atoms with Gasteiger partial charge in [-0.2, -0.15) is 5.10 Å². The van der Waals surface area contributed by atoms with E-state index in [9.17, 15) is 18.3 Å². The molecule has 1 aliphatic rings. The van der Waals surface area contributed by atoms with Crippen LogP contribution < -0.4 is 0 Å². The van der Waals surface area contributed by atoms with Crippen LogP contribution >= 0.6 is 0 Å². The molecule has 0 amide bonds. The number of esters is 1. The fraction of sp³-hybridized carbons (Fsp3) is 0.600. The highest BCUT2D eigenvalue weighted by molar-refractivity contribution is 7.91. The maximum Gasteiger partial charge on any atom is 0.362 e. The van der Waals surface area contributed by atoms with Gasteiger partial charge in [0.05, 0.1) is 30.4 Å². The first-order valence-corrected chi connectivity index (χ1v) is 7.40. The first kappa shape index (κ1) is 12.9. The quantitative estimate of drug-likeness (QED) is 0.786. The van der Waals surface area contributed by atoms with Crippen LogP contribution in [0.5, 0.6) is 5.75 Å². The van der Waals surface area contributed by atoms with Gasteiger partial charge in [-0.3, -0.25) is 4.68 Å². The number of aromatic nitrogens is 2. The van der Waals surface area contributed by atoms with Gasteiger partial charge >= 0.3 is 5.97 Å². The Kier molecular flexibility index (Phi) is 3.29. The van der Waals surface area contributed by atoms with E-state index in [4.69, 9.17) is 4.74 Å². The molecule has 1 fully saturated rings. The monoisotopic (exact) mass is 274 g/mol. The summed E-state index contributed by atoms with van der Waals surface area (Å²) in [5.41, 5.74) is -0.179. The molecule has 0 radical (unpaired) electrons. The van der Waals surface area contributed by atoms with E-state index in [-0.39, 0.29) is 35.6 Å². The highest BCUT2D eigenvalue weighted by Gasteiger charge is 2.31. The molecule has 0 aliphatic carbocycles. The number of nitrogens with zero attached hydrogens (tertiary/aromatic N) is 2. The Bertz CT molecular complexity index is 563. The molecule has 0 spiro atoms. The maximum absolute atomic E-state index is 11.4. The maximum atomic E-state index is 11.4. The zero-order valence-corrected chi connectivity index (χ0v) is 10.7. The minimum atomic E-state index is -3.04. The van der Waals surface area contributed by atoms with Gasteiger partial charge in [0.2, 0.25) is 5.69 Å². The van der Waals surface area contributed by atoms with Crippen molar-refractivity contribution in [1.29, 1.82) is 0 Å². The lowest BCUT2D eigenvalue weighted by Gasteiger charge is -2.06. The molecule has 1 atom stereocenters.